The molecular weight excluding hydrogens is 500 g/mol. The number of nitrogens with one attached hydrogen (secondary N) is 1. The Bertz CT molecular complexity index is 1480. The number of aromatic nitrogens is 2. The van der Waals surface area contributed by atoms with Gasteiger partial charge in [0.2, 0.25) is 5.82 Å². The van der Waals surface area contributed by atoms with E-state index in [1.807, 2.05) is 0 Å². The van der Waals surface area contributed by atoms with Gasteiger partial charge in [0, 0.05) is 16.6 Å². The van der Waals surface area contributed by atoms with Crippen LogP contribution in [0.3, 0.4) is 0 Å². The number of rotatable bonds is 4. The summed E-state index contributed by atoms with van der Waals surface area (Å²) in [4.78, 5) is 0. The second-order valence-electron chi connectivity index (χ2n) is 9.10. The lowest BCUT2D eigenvalue weighted by molar-refractivity contribution is -0.272. The molecule has 4 aromatic rings. The van der Waals surface area contributed by atoms with E-state index >= 15 is 0 Å². The third-order valence-corrected chi connectivity index (χ3v) is 6.99. The molecule has 0 spiro atoms. The fraction of sp³-hybridized carbons (Fsp3) is 0.269. The molecule has 1 aliphatic rings. The maximum absolute atomic E-state index is 14.4. The van der Waals surface area contributed by atoms with E-state index < -0.39 is 58.9 Å². The Morgan fingerprint density at radius 3 is 2.46 bits per heavy atom. The van der Waals surface area contributed by atoms with E-state index in [0.717, 1.165) is 0 Å². The van der Waals surface area contributed by atoms with Crippen molar-refractivity contribution < 1.29 is 36.6 Å². The molecule has 194 valence electrons. The van der Waals surface area contributed by atoms with Crippen LogP contribution in [0.15, 0.2) is 54.7 Å². The van der Waals surface area contributed by atoms with Gasteiger partial charge in [-0.1, -0.05) is 13.0 Å². The summed E-state index contributed by atoms with van der Waals surface area (Å²) in [6.07, 6.45) is -4.60. The van der Waals surface area contributed by atoms with Gasteiger partial charge in [-0.3, -0.25) is 0 Å². The van der Waals surface area contributed by atoms with Gasteiger partial charge in [0.05, 0.1) is 23.4 Å². The van der Waals surface area contributed by atoms with Gasteiger partial charge in [-0.15, -0.1) is 0 Å². The van der Waals surface area contributed by atoms with Crippen molar-refractivity contribution >= 4 is 16.6 Å². The van der Waals surface area contributed by atoms with Crippen LogP contribution in [0.1, 0.15) is 42.9 Å². The lowest BCUT2D eigenvalue weighted by Crippen LogP contribution is -2.55. The number of phenols is 1. The SMILES string of the molecule is CCC1CC(O)(C(F)(F)F)C(Nc2cccc3c2cnn3-c2ccc(F)cc2)c2cc(F)c(F)c(O)c21. The van der Waals surface area contributed by atoms with Crippen LogP contribution in [0.25, 0.3) is 16.6 Å². The maximum Gasteiger partial charge on any atom is 0.419 e. The summed E-state index contributed by atoms with van der Waals surface area (Å²) in [7, 11) is 0. The van der Waals surface area contributed by atoms with Crippen LogP contribution >= 0.6 is 0 Å². The maximum atomic E-state index is 14.4. The number of nitrogens with zero attached hydrogens (tertiary/aromatic N) is 2. The van der Waals surface area contributed by atoms with Gasteiger partial charge < -0.3 is 15.5 Å². The number of hydrogen-bond donors (Lipinski definition) is 3. The minimum Gasteiger partial charge on any atom is -0.505 e. The molecule has 11 heteroatoms. The average Bonchev–Trinajstić information content (AvgIpc) is 3.29. The van der Waals surface area contributed by atoms with Crippen LogP contribution in [0.5, 0.6) is 5.75 Å². The molecule has 0 amide bonds. The zero-order valence-electron chi connectivity index (χ0n) is 19.3. The van der Waals surface area contributed by atoms with Crippen LogP contribution in [-0.4, -0.2) is 31.8 Å². The normalized spacial score (nSPS) is 21.7. The molecule has 0 fully saturated rings. The Hall–Kier alpha value is -3.73. The zero-order chi connectivity index (χ0) is 26.7. The number of halogens is 6. The minimum absolute atomic E-state index is 0.0385. The molecule has 0 bridgehead atoms. The largest absolute Gasteiger partial charge is 0.505 e. The number of aliphatic hydroxyl groups is 1. The predicted octanol–water partition coefficient (Wildman–Crippen LogP) is 6.49. The Morgan fingerprint density at radius 1 is 1.11 bits per heavy atom. The fourth-order valence-corrected chi connectivity index (χ4v) is 5.11. The highest BCUT2D eigenvalue weighted by Crippen LogP contribution is 2.55. The molecule has 3 aromatic carbocycles. The first kappa shape index (κ1) is 24.9. The summed E-state index contributed by atoms with van der Waals surface area (Å²) in [5.74, 6) is -5.70. The van der Waals surface area contributed by atoms with Crippen molar-refractivity contribution in [3.8, 4) is 11.4 Å². The van der Waals surface area contributed by atoms with Crippen LogP contribution in [-0.2, 0) is 0 Å². The van der Waals surface area contributed by atoms with Crippen molar-refractivity contribution in [1.82, 2.24) is 9.78 Å². The van der Waals surface area contributed by atoms with E-state index in [2.05, 4.69) is 10.4 Å². The van der Waals surface area contributed by atoms with Gasteiger partial charge in [-0.2, -0.15) is 22.7 Å². The monoisotopic (exact) mass is 521 g/mol. The van der Waals surface area contributed by atoms with Crippen molar-refractivity contribution in [2.75, 3.05) is 5.32 Å². The van der Waals surface area contributed by atoms with Gasteiger partial charge in [0.25, 0.3) is 0 Å². The number of aromatic hydroxyl groups is 1. The van der Waals surface area contributed by atoms with Gasteiger partial charge >= 0.3 is 6.18 Å². The quantitative estimate of drug-likeness (QED) is 0.269. The molecular formula is C26H21F6N3O2. The van der Waals surface area contributed by atoms with Crippen LogP contribution < -0.4 is 5.32 Å². The Morgan fingerprint density at radius 2 is 1.81 bits per heavy atom. The van der Waals surface area contributed by atoms with Gasteiger partial charge in [-0.05, 0) is 66.8 Å². The third kappa shape index (κ3) is 3.88. The number of hydrogen-bond acceptors (Lipinski definition) is 4. The second-order valence-corrected chi connectivity index (χ2v) is 9.10. The molecule has 5 rings (SSSR count). The van der Waals surface area contributed by atoms with E-state index in [1.165, 1.54) is 48.1 Å². The van der Waals surface area contributed by atoms with E-state index in [-0.39, 0.29) is 17.7 Å². The molecule has 3 atom stereocenters. The first-order chi connectivity index (χ1) is 17.5. The topological polar surface area (TPSA) is 70.3 Å². The second kappa shape index (κ2) is 8.69. The summed E-state index contributed by atoms with van der Waals surface area (Å²) in [6.45, 7) is 1.53. The van der Waals surface area contributed by atoms with Gasteiger partial charge in [0.1, 0.15) is 5.82 Å². The van der Waals surface area contributed by atoms with Crippen molar-refractivity contribution in [3.05, 3.63) is 83.3 Å². The van der Waals surface area contributed by atoms with Crippen LogP contribution in [0.4, 0.5) is 32.0 Å². The van der Waals surface area contributed by atoms with E-state index in [0.29, 0.717) is 22.7 Å². The summed E-state index contributed by atoms with van der Waals surface area (Å²) in [5, 5.41) is 28.7. The fourth-order valence-electron chi connectivity index (χ4n) is 5.11. The molecule has 3 unspecified atom stereocenters. The standard InChI is InChI=1S/C26H21F6N3O2/c1-2-13-11-25(37,26(30,31)32)24(16-10-18(28)22(29)23(36)21(13)16)34-19-4-3-5-20-17(19)12-33-35(20)15-8-6-14(27)7-9-15/h3-10,12-13,24,34,36-37H,2,11H2,1H3. The zero-order valence-corrected chi connectivity index (χ0v) is 19.3. The predicted molar refractivity (Wildman–Crippen MR) is 124 cm³/mol. The summed E-state index contributed by atoms with van der Waals surface area (Å²) in [6, 6.07) is 8.68. The Kier molecular flexibility index (Phi) is 5.86. The molecule has 1 aliphatic carbocycles. The van der Waals surface area contributed by atoms with Crippen LogP contribution in [0.2, 0.25) is 0 Å². The smallest absolute Gasteiger partial charge is 0.419 e. The molecule has 0 saturated heterocycles. The van der Waals surface area contributed by atoms with Gasteiger partial charge in [0.15, 0.2) is 17.2 Å². The summed E-state index contributed by atoms with van der Waals surface area (Å²) in [5.41, 5.74) is -2.85. The number of fused-ring (bicyclic) bond motifs is 2. The van der Waals surface area contributed by atoms with Crippen molar-refractivity contribution in [2.24, 2.45) is 0 Å². The minimum atomic E-state index is -5.15. The average molecular weight is 521 g/mol. The lowest BCUT2D eigenvalue weighted by Gasteiger charge is -2.45. The molecule has 0 aliphatic heterocycles. The third-order valence-electron chi connectivity index (χ3n) is 6.99. The lowest BCUT2D eigenvalue weighted by atomic mass is 9.69. The van der Waals surface area contributed by atoms with Crippen molar-refractivity contribution in [3.63, 3.8) is 0 Å². The Balaban J connectivity index is 1.68. The molecule has 1 aromatic heterocycles. The summed E-state index contributed by atoms with van der Waals surface area (Å²) < 4.78 is 86.5. The molecule has 0 radical (unpaired) electrons. The summed E-state index contributed by atoms with van der Waals surface area (Å²) >= 11 is 0. The first-order valence-electron chi connectivity index (χ1n) is 11.4. The van der Waals surface area contributed by atoms with Crippen molar-refractivity contribution in [1.29, 1.82) is 0 Å². The molecule has 3 N–H and O–H groups in total. The highest BCUT2D eigenvalue weighted by Gasteiger charge is 2.62. The molecule has 0 saturated carbocycles. The number of benzene rings is 3. The van der Waals surface area contributed by atoms with E-state index in [1.54, 1.807) is 12.1 Å². The highest BCUT2D eigenvalue weighted by atomic mass is 19.4. The molecule has 5 nitrogen and oxygen atoms in total. The Labute approximate surface area is 207 Å². The van der Waals surface area contributed by atoms with Gasteiger partial charge in [-0.25, -0.2) is 13.5 Å². The molecule has 37 heavy (non-hydrogen) atoms. The number of phenolic OH excluding ortho intramolecular Hbond substituents is 1. The van der Waals surface area contributed by atoms with Crippen molar-refractivity contribution in [2.45, 2.75) is 43.5 Å². The number of alkyl halides is 3. The van der Waals surface area contributed by atoms with E-state index in [9.17, 15) is 36.6 Å². The number of anilines is 1. The highest BCUT2D eigenvalue weighted by molar-refractivity contribution is 5.92. The van der Waals surface area contributed by atoms with E-state index in [4.69, 9.17) is 0 Å². The van der Waals surface area contributed by atoms with Crippen LogP contribution in [0, 0.1) is 17.5 Å². The molecule has 1 heterocycles. The first-order valence-corrected chi connectivity index (χ1v) is 11.4.